The second-order valence-corrected chi connectivity index (χ2v) is 11.8. The van der Waals surface area contributed by atoms with Crippen molar-refractivity contribution in [2.75, 3.05) is 34.3 Å². The van der Waals surface area contributed by atoms with Crippen molar-refractivity contribution in [3.63, 3.8) is 0 Å². The number of rotatable bonds is 13. The Kier molecular flexibility index (Phi) is 15.6. The van der Waals surface area contributed by atoms with Crippen LogP contribution in [0.1, 0.15) is 48.0 Å². The lowest BCUT2D eigenvalue weighted by Gasteiger charge is -2.24. The quantitative estimate of drug-likeness (QED) is 0.0696. The second-order valence-electron chi connectivity index (χ2n) is 10.2. The third-order valence-electron chi connectivity index (χ3n) is 4.76. The highest BCUT2D eigenvalue weighted by Crippen LogP contribution is 2.50. The number of nitrogens with zero attached hydrogens (tertiary/aromatic N) is 2. The fraction of sp³-hybridized carbons (Fsp3) is 0.739. The fourth-order valence-corrected chi connectivity index (χ4v) is 3.43. The van der Waals surface area contributed by atoms with E-state index in [1.807, 2.05) is 0 Å². The third kappa shape index (κ3) is 14.0. The van der Waals surface area contributed by atoms with Gasteiger partial charge in [0.15, 0.2) is 0 Å². The molecular weight excluding hydrogens is 539 g/mol. The van der Waals surface area contributed by atoms with Crippen LogP contribution in [-0.4, -0.2) is 86.9 Å². The van der Waals surface area contributed by atoms with Crippen molar-refractivity contribution in [2.24, 2.45) is 27.3 Å². The number of carbonyl (C=O) groups is 3. The van der Waals surface area contributed by atoms with Crippen molar-refractivity contribution in [3.05, 3.63) is 12.3 Å². The maximum absolute atomic E-state index is 13.1. The van der Waals surface area contributed by atoms with E-state index in [2.05, 4.69) is 10.7 Å². The molecule has 0 radical (unpaired) electrons. The van der Waals surface area contributed by atoms with Gasteiger partial charge in [-0.15, -0.1) is 0 Å². The third-order valence-corrected chi connectivity index (χ3v) is 6.07. The summed E-state index contributed by atoms with van der Waals surface area (Å²) < 4.78 is 44.2. The van der Waals surface area contributed by atoms with Gasteiger partial charge in [-0.05, 0) is 54.7 Å². The molecule has 3 unspecified atom stereocenters. The number of phosphoric ester groups is 1. The summed E-state index contributed by atoms with van der Waals surface area (Å²) in [5.41, 5.74) is 8.35. The van der Waals surface area contributed by atoms with Crippen LogP contribution in [0.3, 0.4) is 0 Å². The van der Waals surface area contributed by atoms with E-state index in [9.17, 15) is 24.1 Å². The van der Waals surface area contributed by atoms with Crippen LogP contribution in [0, 0.1) is 10.8 Å². The molecule has 0 bridgehead atoms. The molecular formula is C23H43N4O11P. The van der Waals surface area contributed by atoms with Gasteiger partial charge in [0, 0.05) is 19.7 Å². The van der Waals surface area contributed by atoms with E-state index in [-0.39, 0.29) is 12.3 Å². The van der Waals surface area contributed by atoms with Gasteiger partial charge < -0.3 is 35.7 Å². The van der Waals surface area contributed by atoms with Crippen LogP contribution >= 0.6 is 7.82 Å². The van der Waals surface area contributed by atoms with E-state index >= 15 is 0 Å². The molecule has 15 nitrogen and oxygen atoms in total. The Hall–Kier alpha value is -2.39. The normalized spacial score (nSPS) is 20.3. The fourth-order valence-electron chi connectivity index (χ4n) is 2.51. The van der Waals surface area contributed by atoms with Crippen LogP contribution in [0.2, 0.25) is 0 Å². The minimum absolute atomic E-state index is 0.0187. The van der Waals surface area contributed by atoms with Crippen molar-refractivity contribution >= 4 is 32.0 Å². The molecule has 0 aliphatic carbocycles. The zero-order chi connectivity index (χ0) is 30.4. The standard InChI is InChI=1S/C22H38N3O11P.CH5N/c1-21(2,3)19(28)31-13-34-37(30,35-14-32-20(29)22(4,5)6)33-11-16-15(27)10-18(36-16)25(7)9-8-17(23)24-12-26;1-2/h8-9,12,15-16,18,27H,10-11,13-14H2,1-7H3,(H2,23,24,26);2H2,1H3/b9-8-;. The van der Waals surface area contributed by atoms with Crippen molar-refractivity contribution in [2.45, 2.75) is 66.4 Å². The number of aliphatic imine (C=N–C) groups is 1. The van der Waals surface area contributed by atoms with Gasteiger partial charge in [-0.3, -0.25) is 18.9 Å². The number of hydrogen-bond acceptors (Lipinski definition) is 13. The monoisotopic (exact) mass is 582 g/mol. The van der Waals surface area contributed by atoms with E-state index in [1.54, 1.807) is 53.5 Å². The van der Waals surface area contributed by atoms with E-state index in [0.29, 0.717) is 6.41 Å². The summed E-state index contributed by atoms with van der Waals surface area (Å²) in [7, 11) is -1.28. The van der Waals surface area contributed by atoms with Crippen molar-refractivity contribution in [1.29, 1.82) is 0 Å². The van der Waals surface area contributed by atoms with Gasteiger partial charge in [0.25, 0.3) is 0 Å². The number of esters is 2. The molecule has 1 aliphatic rings. The molecule has 0 aromatic carbocycles. The number of nitrogens with two attached hydrogens (primary N) is 2. The highest BCUT2D eigenvalue weighted by molar-refractivity contribution is 7.48. The molecule has 16 heteroatoms. The zero-order valence-electron chi connectivity index (χ0n) is 23.8. The van der Waals surface area contributed by atoms with Crippen LogP contribution in [-0.2, 0) is 46.7 Å². The topological polar surface area (TPSA) is 212 Å². The second kappa shape index (κ2) is 16.7. The Bertz CT molecular complexity index is 863. The Morgan fingerprint density at radius 3 is 1.97 bits per heavy atom. The first kappa shape index (κ1) is 36.6. The number of aliphatic hydroxyl groups excluding tert-OH is 1. The van der Waals surface area contributed by atoms with Crippen LogP contribution in [0.5, 0.6) is 0 Å². The summed E-state index contributed by atoms with van der Waals surface area (Å²) in [6.45, 7) is 7.80. The first-order valence-electron chi connectivity index (χ1n) is 11.9. The molecule has 5 N–H and O–H groups in total. The average molecular weight is 583 g/mol. The molecule has 1 aliphatic heterocycles. The first-order chi connectivity index (χ1) is 18.0. The molecule has 1 saturated heterocycles. The van der Waals surface area contributed by atoms with Crippen molar-refractivity contribution < 1.29 is 51.8 Å². The molecule has 1 heterocycles. The molecule has 0 aromatic rings. The lowest BCUT2D eigenvalue weighted by molar-refractivity contribution is -0.163. The molecule has 226 valence electrons. The predicted molar refractivity (Wildman–Crippen MR) is 141 cm³/mol. The lowest BCUT2D eigenvalue weighted by Crippen LogP contribution is -2.29. The molecule has 1 rings (SSSR count). The number of phosphoric acid groups is 1. The molecule has 39 heavy (non-hydrogen) atoms. The van der Waals surface area contributed by atoms with Crippen LogP contribution in [0.25, 0.3) is 0 Å². The number of hydrogen-bond donors (Lipinski definition) is 3. The molecule has 1 fully saturated rings. The highest BCUT2D eigenvalue weighted by atomic mass is 31.2. The minimum Gasteiger partial charge on any atom is -0.437 e. The molecule has 0 spiro atoms. The lowest BCUT2D eigenvalue weighted by atomic mass is 9.98. The Morgan fingerprint density at radius 2 is 1.54 bits per heavy atom. The Morgan fingerprint density at radius 1 is 1.05 bits per heavy atom. The van der Waals surface area contributed by atoms with Crippen LogP contribution < -0.4 is 11.5 Å². The van der Waals surface area contributed by atoms with Gasteiger partial charge in [-0.25, -0.2) is 13.6 Å². The van der Waals surface area contributed by atoms with E-state index < -0.39 is 69.2 Å². The van der Waals surface area contributed by atoms with Crippen molar-refractivity contribution in [1.82, 2.24) is 4.90 Å². The molecule has 1 amide bonds. The van der Waals surface area contributed by atoms with E-state index in [0.717, 1.165) is 0 Å². The number of aliphatic hydroxyl groups is 1. The Labute approximate surface area is 229 Å². The number of ether oxygens (including phenoxy) is 3. The van der Waals surface area contributed by atoms with Gasteiger partial charge in [-0.2, -0.15) is 4.99 Å². The SMILES string of the molecule is CN.CN(/C=C\C(N)=NC=O)C1CC(O)C(COP(=O)(OCOC(=O)C(C)(C)C)OCOC(=O)C(C)(C)C)O1. The minimum atomic E-state index is -4.43. The maximum atomic E-state index is 13.1. The zero-order valence-corrected chi connectivity index (χ0v) is 24.7. The average Bonchev–Trinajstić information content (AvgIpc) is 3.22. The molecule has 0 aromatic heterocycles. The summed E-state index contributed by atoms with van der Waals surface area (Å²) in [6.07, 6.45) is 0.807. The maximum Gasteiger partial charge on any atom is 0.480 e. The van der Waals surface area contributed by atoms with Crippen LogP contribution in [0.4, 0.5) is 0 Å². The molecule has 0 saturated carbocycles. The summed E-state index contributed by atoms with van der Waals surface area (Å²) in [6, 6.07) is 0. The molecule has 3 atom stereocenters. The van der Waals surface area contributed by atoms with Gasteiger partial charge in [0.1, 0.15) is 18.2 Å². The predicted octanol–water partition coefficient (Wildman–Crippen LogP) is 1.25. The number of amides is 1. The highest BCUT2D eigenvalue weighted by Gasteiger charge is 2.39. The number of amidine groups is 1. The largest absolute Gasteiger partial charge is 0.480 e. The van der Waals surface area contributed by atoms with Gasteiger partial charge >= 0.3 is 19.8 Å². The van der Waals surface area contributed by atoms with Crippen molar-refractivity contribution in [3.8, 4) is 0 Å². The van der Waals surface area contributed by atoms with Gasteiger partial charge in [0.05, 0.1) is 23.5 Å². The van der Waals surface area contributed by atoms with Gasteiger partial charge in [-0.1, -0.05) is 0 Å². The first-order valence-corrected chi connectivity index (χ1v) is 13.4. The number of carbonyl (C=O) groups excluding carboxylic acids is 3. The van der Waals surface area contributed by atoms with Gasteiger partial charge in [0.2, 0.25) is 20.0 Å². The summed E-state index contributed by atoms with van der Waals surface area (Å²) in [5.74, 6) is -1.26. The summed E-state index contributed by atoms with van der Waals surface area (Å²) in [5, 5.41) is 10.4. The van der Waals surface area contributed by atoms with E-state index in [1.165, 1.54) is 19.3 Å². The van der Waals surface area contributed by atoms with Crippen LogP contribution in [0.15, 0.2) is 17.3 Å². The summed E-state index contributed by atoms with van der Waals surface area (Å²) >= 11 is 0. The smallest absolute Gasteiger partial charge is 0.437 e. The summed E-state index contributed by atoms with van der Waals surface area (Å²) in [4.78, 5) is 39.3. The van der Waals surface area contributed by atoms with E-state index in [4.69, 9.17) is 33.5 Å². The Balaban J connectivity index is 0.00000704.